The number of amides is 1. The van der Waals surface area contributed by atoms with E-state index in [1.54, 1.807) is 18.2 Å². The molecule has 144 valence electrons. The summed E-state index contributed by atoms with van der Waals surface area (Å²) in [6.45, 7) is 2.39. The van der Waals surface area contributed by atoms with Crippen molar-refractivity contribution in [1.82, 2.24) is 15.1 Å². The summed E-state index contributed by atoms with van der Waals surface area (Å²) in [4.78, 5) is 12.9. The highest BCUT2D eigenvalue weighted by molar-refractivity contribution is 5.94. The van der Waals surface area contributed by atoms with Gasteiger partial charge in [-0.2, -0.15) is 5.10 Å². The van der Waals surface area contributed by atoms with Crippen LogP contribution in [0.5, 0.6) is 11.5 Å². The molecular weight excluding hydrogens is 354 g/mol. The molecule has 0 radical (unpaired) electrons. The van der Waals surface area contributed by atoms with Crippen LogP contribution in [0.25, 0.3) is 5.69 Å². The molecule has 2 aromatic carbocycles. The van der Waals surface area contributed by atoms with Gasteiger partial charge in [0.2, 0.25) is 0 Å². The van der Waals surface area contributed by atoms with Gasteiger partial charge >= 0.3 is 0 Å². The van der Waals surface area contributed by atoms with Crippen molar-refractivity contribution >= 4 is 5.91 Å². The average Bonchev–Trinajstić information content (AvgIpc) is 3.30. The third kappa shape index (κ3) is 3.22. The van der Waals surface area contributed by atoms with Crippen LogP contribution in [-0.4, -0.2) is 27.9 Å². The summed E-state index contributed by atoms with van der Waals surface area (Å²) in [6.07, 6.45) is 2.84. The Kier molecular flexibility index (Phi) is 4.77. The van der Waals surface area contributed by atoms with Gasteiger partial charge in [0.25, 0.3) is 5.91 Å². The molecule has 1 aromatic heterocycles. The number of aryl methyl sites for hydroxylation is 1. The lowest BCUT2D eigenvalue weighted by atomic mass is 10.1. The first-order chi connectivity index (χ1) is 13.6. The molecule has 0 atom stereocenters. The number of fused-ring (bicyclic) bond motifs is 1. The molecule has 0 saturated carbocycles. The number of nitrogens with one attached hydrogen (secondary N) is 1. The number of carbonyl (C=O) groups excluding carboxylic acids is 1. The quantitative estimate of drug-likeness (QED) is 0.715. The molecule has 28 heavy (non-hydrogen) atoms. The van der Waals surface area contributed by atoms with Crippen LogP contribution in [0.2, 0.25) is 0 Å². The molecule has 3 aromatic rings. The van der Waals surface area contributed by atoms with E-state index in [1.807, 2.05) is 22.9 Å². The van der Waals surface area contributed by atoms with Crippen LogP contribution in [0.1, 0.15) is 39.3 Å². The van der Waals surface area contributed by atoms with Gasteiger partial charge in [0.05, 0.1) is 12.8 Å². The second kappa shape index (κ2) is 7.38. The van der Waals surface area contributed by atoms with E-state index in [0.717, 1.165) is 47.3 Å². The summed E-state index contributed by atoms with van der Waals surface area (Å²) >= 11 is 0. The highest BCUT2D eigenvalue weighted by Crippen LogP contribution is 2.29. The normalized spacial score (nSPS) is 12.6. The first-order valence-corrected chi connectivity index (χ1v) is 9.39. The molecule has 0 saturated heterocycles. The summed E-state index contributed by atoms with van der Waals surface area (Å²) in [7, 11) is 1.50. The number of aromatic hydroxyl groups is 1. The second-order valence-electron chi connectivity index (χ2n) is 7.01. The molecule has 0 aliphatic heterocycles. The Morgan fingerprint density at radius 3 is 2.86 bits per heavy atom. The molecule has 6 heteroatoms. The summed E-state index contributed by atoms with van der Waals surface area (Å²) in [5, 5.41) is 17.3. The Morgan fingerprint density at radius 2 is 2.07 bits per heavy atom. The Labute approximate surface area is 163 Å². The minimum Gasteiger partial charge on any atom is -0.504 e. The minimum atomic E-state index is -0.183. The maximum atomic E-state index is 12.9. The summed E-state index contributed by atoms with van der Waals surface area (Å²) < 4.78 is 7.05. The van der Waals surface area contributed by atoms with Crippen LogP contribution >= 0.6 is 0 Å². The third-order valence-electron chi connectivity index (χ3n) is 5.19. The van der Waals surface area contributed by atoms with Gasteiger partial charge in [0, 0.05) is 17.8 Å². The van der Waals surface area contributed by atoms with Gasteiger partial charge < -0.3 is 15.2 Å². The third-order valence-corrected chi connectivity index (χ3v) is 5.19. The van der Waals surface area contributed by atoms with Gasteiger partial charge in [-0.15, -0.1) is 0 Å². The Balaban J connectivity index is 1.59. The number of ether oxygens (including phenoxy) is 1. The van der Waals surface area contributed by atoms with Gasteiger partial charge in [0.15, 0.2) is 17.2 Å². The SMILES string of the molecule is COc1cc(CNC(=O)c2nn(-c3ccccc3C)c3c2CCC3)ccc1O. The molecule has 1 aliphatic carbocycles. The van der Waals surface area contributed by atoms with Crippen LogP contribution in [0, 0.1) is 6.92 Å². The van der Waals surface area contributed by atoms with Crippen LogP contribution in [0.3, 0.4) is 0 Å². The maximum absolute atomic E-state index is 12.9. The van der Waals surface area contributed by atoms with E-state index in [1.165, 1.54) is 7.11 Å². The van der Waals surface area contributed by atoms with Crippen molar-refractivity contribution < 1.29 is 14.6 Å². The number of benzene rings is 2. The van der Waals surface area contributed by atoms with Crippen LogP contribution in [-0.2, 0) is 19.4 Å². The van der Waals surface area contributed by atoms with Crippen molar-refractivity contribution in [2.24, 2.45) is 0 Å². The van der Waals surface area contributed by atoms with Crippen molar-refractivity contribution in [2.75, 3.05) is 7.11 Å². The van der Waals surface area contributed by atoms with Crippen LogP contribution in [0.4, 0.5) is 0 Å². The number of rotatable bonds is 5. The van der Waals surface area contributed by atoms with E-state index < -0.39 is 0 Å². The topological polar surface area (TPSA) is 76.4 Å². The molecular formula is C22H23N3O3. The van der Waals surface area contributed by atoms with E-state index in [9.17, 15) is 9.90 Å². The van der Waals surface area contributed by atoms with Crippen molar-refractivity contribution in [1.29, 1.82) is 0 Å². The molecule has 6 nitrogen and oxygen atoms in total. The highest BCUT2D eigenvalue weighted by Gasteiger charge is 2.27. The first kappa shape index (κ1) is 18.1. The van der Waals surface area contributed by atoms with Gasteiger partial charge in [-0.1, -0.05) is 24.3 Å². The standard InChI is InChI=1S/C22H23N3O3/c1-14-6-3-4-8-17(14)25-18-9-5-7-16(18)21(24-25)22(27)23-13-15-10-11-19(26)20(12-15)28-2/h3-4,6,8,10-12,26H,5,7,9,13H2,1-2H3,(H,23,27). The summed E-state index contributed by atoms with van der Waals surface area (Å²) in [6, 6.07) is 13.1. The number of methoxy groups -OCH3 is 1. The Hall–Kier alpha value is -3.28. The van der Waals surface area contributed by atoms with E-state index >= 15 is 0 Å². The smallest absolute Gasteiger partial charge is 0.272 e. The lowest BCUT2D eigenvalue weighted by Gasteiger charge is -2.09. The predicted molar refractivity (Wildman–Crippen MR) is 106 cm³/mol. The van der Waals surface area contributed by atoms with Crippen LogP contribution < -0.4 is 10.1 Å². The lowest BCUT2D eigenvalue weighted by Crippen LogP contribution is -2.24. The molecule has 0 bridgehead atoms. The first-order valence-electron chi connectivity index (χ1n) is 9.39. The number of phenols is 1. The van der Waals surface area contributed by atoms with Gasteiger partial charge in [0.1, 0.15) is 0 Å². The summed E-state index contributed by atoms with van der Waals surface area (Å²) in [5.41, 5.74) is 5.67. The maximum Gasteiger partial charge on any atom is 0.272 e. The van der Waals surface area contributed by atoms with Crippen LogP contribution in [0.15, 0.2) is 42.5 Å². The molecule has 0 spiro atoms. The fourth-order valence-corrected chi connectivity index (χ4v) is 3.72. The zero-order chi connectivity index (χ0) is 19.7. The van der Waals surface area contributed by atoms with Crippen molar-refractivity contribution in [2.45, 2.75) is 32.7 Å². The monoisotopic (exact) mass is 377 g/mol. The largest absolute Gasteiger partial charge is 0.504 e. The zero-order valence-corrected chi connectivity index (χ0v) is 16.0. The molecule has 4 rings (SSSR count). The molecule has 0 unspecified atom stereocenters. The van der Waals surface area contributed by atoms with Crippen molar-refractivity contribution in [3.8, 4) is 17.2 Å². The molecule has 1 amide bonds. The van der Waals surface area contributed by atoms with Gasteiger partial charge in [-0.05, 0) is 55.5 Å². The summed E-state index contributed by atoms with van der Waals surface area (Å²) in [5.74, 6) is 0.279. The highest BCUT2D eigenvalue weighted by atomic mass is 16.5. The zero-order valence-electron chi connectivity index (χ0n) is 16.0. The van der Waals surface area contributed by atoms with E-state index in [-0.39, 0.29) is 11.7 Å². The number of carbonyl (C=O) groups is 1. The van der Waals surface area contributed by atoms with E-state index in [0.29, 0.717) is 18.0 Å². The fraction of sp³-hybridized carbons (Fsp3) is 0.273. The number of hydrogen-bond donors (Lipinski definition) is 2. The molecule has 0 fully saturated rings. The molecule has 1 heterocycles. The van der Waals surface area contributed by atoms with Gasteiger partial charge in [-0.3, -0.25) is 4.79 Å². The number of hydrogen-bond acceptors (Lipinski definition) is 4. The predicted octanol–water partition coefficient (Wildman–Crippen LogP) is 3.31. The van der Waals surface area contributed by atoms with Crippen molar-refractivity contribution in [3.05, 3.63) is 70.5 Å². The average molecular weight is 377 g/mol. The number of nitrogens with zero attached hydrogens (tertiary/aromatic N) is 2. The number of para-hydroxylation sites is 1. The number of phenolic OH excluding ortho intramolecular Hbond substituents is 1. The Bertz CT molecular complexity index is 1040. The molecule has 2 N–H and O–H groups in total. The van der Waals surface area contributed by atoms with E-state index in [2.05, 4.69) is 23.4 Å². The Morgan fingerprint density at radius 1 is 1.25 bits per heavy atom. The second-order valence-corrected chi connectivity index (χ2v) is 7.01. The minimum absolute atomic E-state index is 0.0763. The van der Waals surface area contributed by atoms with Crippen molar-refractivity contribution in [3.63, 3.8) is 0 Å². The number of aromatic nitrogens is 2. The fourth-order valence-electron chi connectivity index (χ4n) is 3.72. The van der Waals surface area contributed by atoms with E-state index in [4.69, 9.17) is 4.74 Å². The van der Waals surface area contributed by atoms with Gasteiger partial charge in [-0.25, -0.2) is 4.68 Å². The molecule has 1 aliphatic rings. The lowest BCUT2D eigenvalue weighted by molar-refractivity contribution is 0.0944.